The van der Waals surface area contributed by atoms with Gasteiger partial charge in [0, 0.05) is 30.8 Å². The molecule has 2 aromatic rings. The Kier molecular flexibility index (Phi) is 6.87. The van der Waals surface area contributed by atoms with Crippen molar-refractivity contribution in [2.75, 3.05) is 25.0 Å². The lowest BCUT2D eigenvalue weighted by molar-refractivity contribution is -0.137. The third-order valence-electron chi connectivity index (χ3n) is 5.37. The van der Waals surface area contributed by atoms with E-state index in [1.807, 2.05) is 13.8 Å². The lowest BCUT2D eigenvalue weighted by Gasteiger charge is -2.18. The minimum absolute atomic E-state index is 0.0856. The summed E-state index contributed by atoms with van der Waals surface area (Å²) in [7, 11) is 0. The van der Waals surface area contributed by atoms with Crippen LogP contribution in [0.5, 0.6) is 5.75 Å². The Balaban J connectivity index is 1.54. The minimum atomic E-state index is -4.37. The van der Waals surface area contributed by atoms with Gasteiger partial charge in [-0.05, 0) is 56.0 Å². The largest absolute Gasteiger partial charge is 0.484 e. The highest BCUT2D eigenvalue weighted by Crippen LogP contribution is 2.48. The molecule has 1 aliphatic rings. The Bertz CT molecular complexity index is 924. The number of hydrogen-bond donors (Lipinski definition) is 1. The molecular weight excluding hydrogens is 409 g/mol. The molecule has 1 N–H and O–H groups in total. The van der Waals surface area contributed by atoms with Crippen molar-refractivity contribution in [3.05, 3.63) is 59.7 Å². The van der Waals surface area contributed by atoms with E-state index in [1.54, 1.807) is 29.2 Å². The molecular formula is C23H25F3N2O3. The van der Waals surface area contributed by atoms with E-state index in [9.17, 15) is 22.8 Å². The first-order chi connectivity index (χ1) is 14.7. The second-order valence-electron chi connectivity index (χ2n) is 7.44. The van der Waals surface area contributed by atoms with Gasteiger partial charge in [0.25, 0.3) is 5.91 Å². The Labute approximate surface area is 179 Å². The second-order valence-corrected chi connectivity index (χ2v) is 7.44. The van der Waals surface area contributed by atoms with Crippen LogP contribution in [0, 0.1) is 5.92 Å². The maximum atomic E-state index is 12.7. The van der Waals surface area contributed by atoms with Crippen LogP contribution in [0.1, 0.15) is 37.3 Å². The van der Waals surface area contributed by atoms with E-state index in [0.717, 1.165) is 17.7 Å². The number of rotatable bonds is 8. The van der Waals surface area contributed by atoms with Gasteiger partial charge in [-0.15, -0.1) is 0 Å². The summed E-state index contributed by atoms with van der Waals surface area (Å²) < 4.78 is 43.6. The van der Waals surface area contributed by atoms with Gasteiger partial charge in [0.15, 0.2) is 6.61 Å². The van der Waals surface area contributed by atoms with Crippen LogP contribution in [0.15, 0.2) is 48.5 Å². The lowest BCUT2D eigenvalue weighted by atomic mass is 10.1. The van der Waals surface area contributed by atoms with Crippen molar-refractivity contribution >= 4 is 17.5 Å². The third-order valence-corrected chi connectivity index (χ3v) is 5.37. The molecule has 2 amide bonds. The van der Waals surface area contributed by atoms with Crippen LogP contribution >= 0.6 is 0 Å². The number of ether oxygens (including phenoxy) is 1. The smallest absolute Gasteiger partial charge is 0.416 e. The maximum absolute atomic E-state index is 12.7. The van der Waals surface area contributed by atoms with Gasteiger partial charge in [-0.25, -0.2) is 0 Å². The number of alkyl halides is 3. The summed E-state index contributed by atoms with van der Waals surface area (Å²) in [4.78, 5) is 26.3. The zero-order valence-electron chi connectivity index (χ0n) is 17.4. The number of likely N-dealkylation sites (N-methyl/N-ethyl adjacent to an activating group) is 1. The van der Waals surface area contributed by atoms with E-state index in [0.29, 0.717) is 30.9 Å². The first-order valence-electron chi connectivity index (χ1n) is 10.2. The molecule has 166 valence electrons. The molecule has 8 heteroatoms. The molecule has 5 nitrogen and oxygen atoms in total. The molecule has 2 aromatic carbocycles. The highest BCUT2D eigenvalue weighted by atomic mass is 19.4. The first kappa shape index (κ1) is 22.7. The lowest BCUT2D eigenvalue weighted by Crippen LogP contribution is -2.34. The summed E-state index contributed by atoms with van der Waals surface area (Å²) in [5.74, 6) is -0.217. The van der Waals surface area contributed by atoms with Crippen molar-refractivity contribution in [3.8, 4) is 5.75 Å². The Morgan fingerprint density at radius 3 is 2.39 bits per heavy atom. The number of amides is 2. The first-order valence-corrected chi connectivity index (χ1v) is 10.2. The molecule has 0 saturated heterocycles. The average molecular weight is 434 g/mol. The third kappa shape index (κ3) is 5.77. The van der Waals surface area contributed by atoms with E-state index in [2.05, 4.69) is 5.32 Å². The molecule has 0 aromatic heterocycles. The van der Waals surface area contributed by atoms with Crippen LogP contribution in [0.4, 0.5) is 18.9 Å². The van der Waals surface area contributed by atoms with Gasteiger partial charge >= 0.3 is 6.18 Å². The molecule has 1 saturated carbocycles. The monoisotopic (exact) mass is 434 g/mol. The van der Waals surface area contributed by atoms with Gasteiger partial charge in [0.05, 0.1) is 5.56 Å². The maximum Gasteiger partial charge on any atom is 0.416 e. The van der Waals surface area contributed by atoms with Gasteiger partial charge in [0.1, 0.15) is 5.75 Å². The molecule has 2 unspecified atom stereocenters. The number of carbonyl (C=O) groups is 2. The number of benzene rings is 2. The number of hydrogen-bond acceptors (Lipinski definition) is 3. The van der Waals surface area contributed by atoms with Gasteiger partial charge in [0.2, 0.25) is 5.91 Å². The number of nitrogens with zero attached hydrogens (tertiary/aromatic N) is 1. The Morgan fingerprint density at radius 1 is 1.10 bits per heavy atom. The predicted molar refractivity (Wildman–Crippen MR) is 111 cm³/mol. The van der Waals surface area contributed by atoms with E-state index in [-0.39, 0.29) is 30.3 Å². The van der Waals surface area contributed by atoms with E-state index in [4.69, 9.17) is 4.74 Å². The van der Waals surface area contributed by atoms with Crippen molar-refractivity contribution in [2.45, 2.75) is 32.4 Å². The van der Waals surface area contributed by atoms with Crippen LogP contribution < -0.4 is 10.1 Å². The molecule has 3 rings (SSSR count). The molecule has 1 fully saturated rings. The summed E-state index contributed by atoms with van der Waals surface area (Å²) >= 11 is 0. The summed E-state index contributed by atoms with van der Waals surface area (Å²) in [5.41, 5.74) is 0.560. The summed E-state index contributed by atoms with van der Waals surface area (Å²) in [6.45, 7) is 4.92. The second kappa shape index (κ2) is 9.41. The van der Waals surface area contributed by atoms with Gasteiger partial charge < -0.3 is 15.0 Å². The Morgan fingerprint density at radius 2 is 1.77 bits per heavy atom. The van der Waals surface area contributed by atoms with Crippen molar-refractivity contribution < 1.29 is 27.5 Å². The van der Waals surface area contributed by atoms with Crippen molar-refractivity contribution in [1.82, 2.24) is 4.90 Å². The minimum Gasteiger partial charge on any atom is -0.484 e. The highest BCUT2D eigenvalue weighted by Gasteiger charge is 2.44. The highest BCUT2D eigenvalue weighted by molar-refractivity contribution is 5.95. The number of halogens is 3. The van der Waals surface area contributed by atoms with Crippen LogP contribution in [-0.4, -0.2) is 36.4 Å². The predicted octanol–water partition coefficient (Wildman–Crippen LogP) is 4.69. The van der Waals surface area contributed by atoms with Crippen molar-refractivity contribution in [2.24, 2.45) is 5.92 Å². The zero-order valence-corrected chi connectivity index (χ0v) is 17.4. The topological polar surface area (TPSA) is 58.6 Å². The van der Waals surface area contributed by atoms with Crippen LogP contribution in [0.3, 0.4) is 0 Å². The summed E-state index contributed by atoms with van der Waals surface area (Å²) in [5, 5.41) is 2.82. The molecule has 1 aliphatic carbocycles. The van der Waals surface area contributed by atoms with Crippen LogP contribution in [0.25, 0.3) is 0 Å². The Hall–Kier alpha value is -3.03. The normalized spacial score (nSPS) is 17.7. The summed E-state index contributed by atoms with van der Waals surface area (Å²) in [6, 6.07) is 11.7. The quantitative estimate of drug-likeness (QED) is 0.656. The molecule has 0 heterocycles. The average Bonchev–Trinajstić information content (AvgIpc) is 3.54. The molecule has 0 aliphatic heterocycles. The number of nitrogens with one attached hydrogen (secondary N) is 1. The fraction of sp³-hybridized carbons (Fsp3) is 0.391. The van der Waals surface area contributed by atoms with Gasteiger partial charge in [-0.2, -0.15) is 13.2 Å². The molecule has 2 atom stereocenters. The zero-order chi connectivity index (χ0) is 22.6. The fourth-order valence-electron chi connectivity index (χ4n) is 3.48. The van der Waals surface area contributed by atoms with E-state index >= 15 is 0 Å². The van der Waals surface area contributed by atoms with Gasteiger partial charge in [-0.3, -0.25) is 9.59 Å². The van der Waals surface area contributed by atoms with Crippen LogP contribution in [-0.2, 0) is 15.8 Å². The van der Waals surface area contributed by atoms with Gasteiger partial charge in [-0.1, -0.05) is 18.2 Å². The standard InChI is InChI=1S/C23H25F3N2O3/c1-3-28(4-2)21(29)14-31-18-7-5-6-17(12-18)27-22(30)20-13-19(20)15-8-10-16(11-9-15)23(24,25)26/h5-12,19-20H,3-4,13-14H2,1-2H3,(H,27,30). The molecule has 0 radical (unpaired) electrons. The molecule has 0 bridgehead atoms. The van der Waals surface area contributed by atoms with Crippen LogP contribution in [0.2, 0.25) is 0 Å². The van der Waals surface area contributed by atoms with E-state index in [1.165, 1.54) is 12.1 Å². The van der Waals surface area contributed by atoms with Crippen molar-refractivity contribution in [1.29, 1.82) is 0 Å². The fourth-order valence-corrected chi connectivity index (χ4v) is 3.48. The number of anilines is 1. The number of carbonyl (C=O) groups excluding carboxylic acids is 2. The van der Waals surface area contributed by atoms with E-state index < -0.39 is 11.7 Å². The molecule has 0 spiro atoms. The SMILES string of the molecule is CCN(CC)C(=O)COc1cccc(NC(=O)C2CC2c2ccc(C(F)(F)F)cc2)c1. The van der Waals surface area contributed by atoms with Crippen molar-refractivity contribution in [3.63, 3.8) is 0 Å². The summed E-state index contributed by atoms with van der Waals surface area (Å²) in [6.07, 6.45) is -3.78. The molecule has 31 heavy (non-hydrogen) atoms.